The maximum Gasteiger partial charge on any atom is 0.223 e. The normalized spacial score (nSPS) is 10.9. The number of amidine groups is 1. The molecule has 0 fully saturated rings. The molecular formula is C7H7ClN4. The maximum absolute atomic E-state index is 6.41. The molecule has 0 aromatic heterocycles. The second-order valence-corrected chi connectivity index (χ2v) is 2.34. The molecule has 1 aromatic carbocycles. The van der Waals surface area contributed by atoms with Crippen molar-refractivity contribution in [3.63, 3.8) is 0 Å². The van der Waals surface area contributed by atoms with E-state index in [4.69, 9.17) is 17.1 Å². The van der Waals surface area contributed by atoms with E-state index < -0.39 is 0 Å². The Labute approximate surface area is 74.8 Å². The zero-order valence-corrected chi connectivity index (χ0v) is 6.92. The molecule has 0 saturated carbocycles. The molecule has 0 spiro atoms. The average molecular weight is 183 g/mol. The molecule has 0 radical (unpaired) electrons. The number of halogens is 1. The summed E-state index contributed by atoms with van der Waals surface area (Å²) in [6.45, 7) is 0. The molecular weight excluding hydrogens is 176 g/mol. The van der Waals surface area contributed by atoms with E-state index >= 15 is 0 Å². The van der Waals surface area contributed by atoms with Crippen LogP contribution in [0.5, 0.6) is 0 Å². The Kier molecular flexibility index (Phi) is 3.22. The summed E-state index contributed by atoms with van der Waals surface area (Å²) in [4.78, 5) is 0. The first-order valence-electron chi connectivity index (χ1n) is 3.25. The Morgan fingerprint density at radius 3 is 2.58 bits per heavy atom. The van der Waals surface area contributed by atoms with Gasteiger partial charge in [0.2, 0.25) is 5.29 Å². The highest BCUT2D eigenvalue weighted by Gasteiger charge is 1.92. The Bertz CT molecular complexity index is 283. The lowest BCUT2D eigenvalue weighted by Crippen LogP contribution is -2.02. The number of benzene rings is 1. The number of rotatable bonds is 2. The van der Waals surface area contributed by atoms with Gasteiger partial charge < -0.3 is 5.32 Å². The van der Waals surface area contributed by atoms with Gasteiger partial charge in [-0.2, -0.15) is 5.53 Å². The fourth-order valence-corrected chi connectivity index (χ4v) is 0.856. The predicted molar refractivity (Wildman–Crippen MR) is 48.5 cm³/mol. The van der Waals surface area contributed by atoms with Crippen molar-refractivity contribution in [2.24, 2.45) is 10.3 Å². The number of hydrogen-bond acceptors (Lipinski definition) is 2. The van der Waals surface area contributed by atoms with Crippen LogP contribution in [0.2, 0.25) is 0 Å². The molecule has 0 unspecified atom stereocenters. The lowest BCUT2D eigenvalue weighted by atomic mass is 10.3. The van der Waals surface area contributed by atoms with Crippen molar-refractivity contribution in [2.45, 2.75) is 0 Å². The quantitative estimate of drug-likeness (QED) is 0.239. The molecule has 62 valence electrons. The highest BCUT2D eigenvalue weighted by atomic mass is 35.5. The van der Waals surface area contributed by atoms with Crippen molar-refractivity contribution < 1.29 is 0 Å². The van der Waals surface area contributed by atoms with Gasteiger partial charge in [0.05, 0.1) is 0 Å². The van der Waals surface area contributed by atoms with E-state index in [9.17, 15) is 0 Å². The highest BCUT2D eigenvalue weighted by molar-refractivity contribution is 6.67. The van der Waals surface area contributed by atoms with Crippen LogP contribution in [0.4, 0.5) is 5.69 Å². The van der Waals surface area contributed by atoms with Crippen LogP contribution in [0.1, 0.15) is 0 Å². The Morgan fingerprint density at radius 2 is 2.00 bits per heavy atom. The van der Waals surface area contributed by atoms with E-state index in [0.29, 0.717) is 0 Å². The zero-order valence-electron chi connectivity index (χ0n) is 6.16. The van der Waals surface area contributed by atoms with Crippen molar-refractivity contribution in [2.75, 3.05) is 5.32 Å². The third-order valence-electron chi connectivity index (χ3n) is 1.16. The first-order chi connectivity index (χ1) is 5.83. The molecule has 0 amide bonds. The van der Waals surface area contributed by atoms with Gasteiger partial charge >= 0.3 is 0 Å². The third kappa shape index (κ3) is 2.67. The monoisotopic (exact) mass is 182 g/mol. The summed E-state index contributed by atoms with van der Waals surface area (Å²) >= 11 is 5.54. The minimum absolute atomic E-state index is 0.0798. The number of nitrogens with one attached hydrogen (secondary N) is 2. The Hall–Kier alpha value is -1.42. The summed E-state index contributed by atoms with van der Waals surface area (Å²) in [6.07, 6.45) is 0. The van der Waals surface area contributed by atoms with Gasteiger partial charge in [-0.25, -0.2) is 0 Å². The number of anilines is 1. The number of nitrogens with zero attached hydrogens (tertiary/aromatic N) is 2. The van der Waals surface area contributed by atoms with E-state index in [1.54, 1.807) is 0 Å². The minimum atomic E-state index is 0.0798. The third-order valence-corrected chi connectivity index (χ3v) is 1.33. The fraction of sp³-hybridized carbons (Fsp3) is 0. The van der Waals surface area contributed by atoms with Gasteiger partial charge in [0, 0.05) is 5.69 Å². The van der Waals surface area contributed by atoms with Crippen molar-refractivity contribution in [3.8, 4) is 0 Å². The molecule has 4 nitrogen and oxygen atoms in total. The van der Waals surface area contributed by atoms with Crippen LogP contribution in [0.25, 0.3) is 0 Å². The standard InChI is InChI=1S/C7H7ClN4/c8-7(11-12-9)10-6-4-2-1-3-5-6/h1-5H,(H2,9,10,11). The van der Waals surface area contributed by atoms with E-state index in [1.807, 2.05) is 30.3 Å². The van der Waals surface area contributed by atoms with Crippen LogP contribution >= 0.6 is 11.6 Å². The smallest absolute Gasteiger partial charge is 0.223 e. The van der Waals surface area contributed by atoms with Gasteiger partial charge in [-0.3, -0.25) is 0 Å². The topological polar surface area (TPSA) is 60.6 Å². The summed E-state index contributed by atoms with van der Waals surface area (Å²) in [5.74, 6) is 0. The van der Waals surface area contributed by atoms with Gasteiger partial charge in [-0.1, -0.05) is 23.3 Å². The van der Waals surface area contributed by atoms with Crippen molar-refractivity contribution in [1.82, 2.24) is 0 Å². The van der Waals surface area contributed by atoms with Crippen LogP contribution in [0.15, 0.2) is 40.7 Å². The maximum atomic E-state index is 6.41. The molecule has 0 heterocycles. The lowest BCUT2D eigenvalue weighted by Gasteiger charge is -1.99. The summed E-state index contributed by atoms with van der Waals surface area (Å²) in [7, 11) is 0. The molecule has 2 N–H and O–H groups in total. The second kappa shape index (κ2) is 4.46. The lowest BCUT2D eigenvalue weighted by molar-refractivity contribution is 0.993. The summed E-state index contributed by atoms with van der Waals surface area (Å²) in [6, 6.07) is 9.30. The van der Waals surface area contributed by atoms with E-state index in [-0.39, 0.29) is 5.29 Å². The largest absolute Gasteiger partial charge is 0.329 e. The minimum Gasteiger partial charge on any atom is -0.329 e. The SMILES string of the molecule is N=N/N=C(/Cl)Nc1ccccc1. The van der Waals surface area contributed by atoms with Gasteiger partial charge in [-0.05, 0) is 29.0 Å². The van der Waals surface area contributed by atoms with Gasteiger partial charge in [0.1, 0.15) is 0 Å². The van der Waals surface area contributed by atoms with Gasteiger partial charge in [0.25, 0.3) is 0 Å². The van der Waals surface area contributed by atoms with Gasteiger partial charge in [-0.15, -0.1) is 0 Å². The molecule has 0 bridgehead atoms. The van der Waals surface area contributed by atoms with Crippen molar-refractivity contribution >= 4 is 22.6 Å². The van der Waals surface area contributed by atoms with Crippen LogP contribution in [-0.2, 0) is 0 Å². The molecule has 5 heteroatoms. The van der Waals surface area contributed by atoms with E-state index in [1.165, 1.54) is 0 Å². The molecule has 12 heavy (non-hydrogen) atoms. The van der Waals surface area contributed by atoms with Crippen LogP contribution < -0.4 is 5.32 Å². The second-order valence-electron chi connectivity index (χ2n) is 1.98. The molecule has 0 aliphatic carbocycles. The molecule has 1 aromatic rings. The fourth-order valence-electron chi connectivity index (χ4n) is 0.709. The number of hydrogen-bond donors (Lipinski definition) is 2. The average Bonchev–Trinajstić information content (AvgIpc) is 2.06. The van der Waals surface area contributed by atoms with Crippen molar-refractivity contribution in [3.05, 3.63) is 30.3 Å². The Balaban J connectivity index is 2.64. The molecule has 0 aliphatic rings. The zero-order chi connectivity index (χ0) is 8.81. The first-order valence-corrected chi connectivity index (χ1v) is 3.62. The Morgan fingerprint density at radius 1 is 1.33 bits per heavy atom. The van der Waals surface area contributed by atoms with Gasteiger partial charge in [0.15, 0.2) is 0 Å². The van der Waals surface area contributed by atoms with Crippen molar-refractivity contribution in [1.29, 1.82) is 5.53 Å². The summed E-state index contributed by atoms with van der Waals surface area (Å²) in [5, 5.41) is 8.88. The molecule has 0 aliphatic heterocycles. The first kappa shape index (κ1) is 8.67. The number of para-hydroxylation sites is 1. The predicted octanol–water partition coefficient (Wildman–Crippen LogP) is 2.64. The highest BCUT2D eigenvalue weighted by Crippen LogP contribution is 2.05. The van der Waals surface area contributed by atoms with Crippen LogP contribution in [0.3, 0.4) is 0 Å². The molecule has 1 rings (SSSR count). The van der Waals surface area contributed by atoms with Crippen LogP contribution in [0, 0.1) is 5.53 Å². The summed E-state index contributed by atoms with van der Waals surface area (Å²) in [5.41, 5.74) is 7.23. The van der Waals surface area contributed by atoms with E-state index in [2.05, 4.69) is 15.6 Å². The molecule has 0 atom stereocenters. The summed E-state index contributed by atoms with van der Waals surface area (Å²) < 4.78 is 0. The van der Waals surface area contributed by atoms with E-state index in [0.717, 1.165) is 5.69 Å². The molecule has 0 saturated heterocycles. The van der Waals surface area contributed by atoms with Crippen LogP contribution in [-0.4, -0.2) is 5.29 Å².